The van der Waals surface area contributed by atoms with E-state index < -0.39 is 0 Å². The first-order chi connectivity index (χ1) is 10.1. The SMILES string of the molecule is CC(C)CCNC(=O)CCCCc1nc2ccccc2s1. The van der Waals surface area contributed by atoms with Gasteiger partial charge in [0.2, 0.25) is 5.91 Å². The number of aromatic nitrogens is 1. The molecule has 2 rings (SSSR count). The number of hydrogen-bond donors (Lipinski definition) is 1. The molecular formula is C17H24N2OS. The van der Waals surface area contributed by atoms with Gasteiger partial charge < -0.3 is 5.32 Å². The molecule has 0 spiro atoms. The molecule has 0 aliphatic carbocycles. The fraction of sp³-hybridized carbons (Fsp3) is 0.529. The van der Waals surface area contributed by atoms with Crippen LogP contribution in [0.5, 0.6) is 0 Å². The molecule has 1 aromatic heterocycles. The van der Waals surface area contributed by atoms with E-state index in [0.29, 0.717) is 12.3 Å². The van der Waals surface area contributed by atoms with Crippen LogP contribution in [-0.4, -0.2) is 17.4 Å². The zero-order chi connectivity index (χ0) is 15.1. The van der Waals surface area contributed by atoms with Crippen molar-refractivity contribution in [1.29, 1.82) is 0 Å². The summed E-state index contributed by atoms with van der Waals surface area (Å²) in [7, 11) is 0. The number of rotatable bonds is 8. The number of thiazole rings is 1. The van der Waals surface area contributed by atoms with E-state index in [0.717, 1.165) is 37.7 Å². The van der Waals surface area contributed by atoms with Crippen LogP contribution in [0.15, 0.2) is 24.3 Å². The van der Waals surface area contributed by atoms with Gasteiger partial charge in [-0.1, -0.05) is 26.0 Å². The summed E-state index contributed by atoms with van der Waals surface area (Å²) in [6.07, 6.45) is 4.61. The second-order valence-electron chi connectivity index (χ2n) is 5.81. The van der Waals surface area contributed by atoms with Crippen LogP contribution < -0.4 is 5.32 Å². The van der Waals surface area contributed by atoms with Gasteiger partial charge in [0, 0.05) is 13.0 Å². The highest BCUT2D eigenvalue weighted by molar-refractivity contribution is 7.18. The van der Waals surface area contributed by atoms with E-state index in [9.17, 15) is 4.79 Å². The minimum absolute atomic E-state index is 0.181. The summed E-state index contributed by atoms with van der Waals surface area (Å²) in [5.41, 5.74) is 1.09. The van der Waals surface area contributed by atoms with E-state index in [1.165, 1.54) is 9.71 Å². The molecule has 1 amide bonds. The van der Waals surface area contributed by atoms with Gasteiger partial charge in [-0.25, -0.2) is 4.98 Å². The van der Waals surface area contributed by atoms with Crippen LogP contribution in [0, 0.1) is 5.92 Å². The third kappa shape index (κ3) is 5.46. The van der Waals surface area contributed by atoms with Crippen LogP contribution in [0.25, 0.3) is 10.2 Å². The fourth-order valence-electron chi connectivity index (χ4n) is 2.18. The molecule has 0 aliphatic heterocycles. The normalized spacial score (nSPS) is 11.2. The van der Waals surface area contributed by atoms with Crippen LogP contribution in [-0.2, 0) is 11.2 Å². The number of hydrogen-bond acceptors (Lipinski definition) is 3. The topological polar surface area (TPSA) is 42.0 Å². The number of unbranched alkanes of at least 4 members (excludes halogenated alkanes) is 1. The number of fused-ring (bicyclic) bond motifs is 1. The van der Waals surface area contributed by atoms with Gasteiger partial charge in [-0.05, 0) is 43.7 Å². The maximum absolute atomic E-state index is 11.7. The average molecular weight is 304 g/mol. The lowest BCUT2D eigenvalue weighted by Crippen LogP contribution is -2.24. The van der Waals surface area contributed by atoms with Crippen molar-refractivity contribution < 1.29 is 4.79 Å². The van der Waals surface area contributed by atoms with Crippen LogP contribution in [0.3, 0.4) is 0 Å². The Morgan fingerprint density at radius 1 is 1.29 bits per heavy atom. The van der Waals surface area contributed by atoms with Crippen molar-refractivity contribution in [2.45, 2.75) is 46.0 Å². The third-order valence-electron chi connectivity index (χ3n) is 3.43. The number of amides is 1. The van der Waals surface area contributed by atoms with Crippen molar-refractivity contribution in [2.75, 3.05) is 6.54 Å². The lowest BCUT2D eigenvalue weighted by molar-refractivity contribution is -0.121. The molecule has 0 bridgehead atoms. The minimum atomic E-state index is 0.181. The van der Waals surface area contributed by atoms with Crippen molar-refractivity contribution in [3.8, 4) is 0 Å². The largest absolute Gasteiger partial charge is 0.356 e. The van der Waals surface area contributed by atoms with E-state index in [1.54, 1.807) is 11.3 Å². The van der Waals surface area contributed by atoms with Gasteiger partial charge in [0.05, 0.1) is 15.2 Å². The Bertz CT molecular complexity index is 544. The average Bonchev–Trinajstić information content (AvgIpc) is 2.86. The van der Waals surface area contributed by atoms with Gasteiger partial charge in [0.15, 0.2) is 0 Å². The molecule has 4 heteroatoms. The van der Waals surface area contributed by atoms with E-state index >= 15 is 0 Å². The molecule has 1 heterocycles. The lowest BCUT2D eigenvalue weighted by Gasteiger charge is -2.06. The Kier molecular flexibility index (Phi) is 6.18. The van der Waals surface area contributed by atoms with Gasteiger partial charge in [-0.3, -0.25) is 4.79 Å². The second-order valence-corrected chi connectivity index (χ2v) is 6.93. The molecule has 0 saturated heterocycles. The van der Waals surface area contributed by atoms with Gasteiger partial charge in [0.1, 0.15) is 0 Å². The van der Waals surface area contributed by atoms with E-state index in [-0.39, 0.29) is 5.91 Å². The summed E-state index contributed by atoms with van der Waals surface area (Å²) in [5.74, 6) is 0.823. The Balaban J connectivity index is 1.64. The van der Waals surface area contributed by atoms with E-state index in [4.69, 9.17) is 0 Å². The van der Waals surface area contributed by atoms with E-state index in [1.807, 2.05) is 12.1 Å². The van der Waals surface area contributed by atoms with Gasteiger partial charge >= 0.3 is 0 Å². The Morgan fingerprint density at radius 2 is 2.10 bits per heavy atom. The first-order valence-electron chi connectivity index (χ1n) is 7.76. The summed E-state index contributed by atoms with van der Waals surface area (Å²) in [5, 5.41) is 4.16. The highest BCUT2D eigenvalue weighted by Crippen LogP contribution is 2.22. The van der Waals surface area contributed by atoms with Crippen LogP contribution >= 0.6 is 11.3 Å². The summed E-state index contributed by atoms with van der Waals surface area (Å²) >= 11 is 1.76. The molecule has 0 radical (unpaired) electrons. The number of aryl methyl sites for hydroxylation is 1. The first-order valence-corrected chi connectivity index (χ1v) is 8.58. The molecule has 2 aromatic rings. The molecule has 1 N–H and O–H groups in total. The number of carbonyl (C=O) groups excluding carboxylic acids is 1. The van der Waals surface area contributed by atoms with Crippen LogP contribution in [0.1, 0.15) is 44.5 Å². The lowest BCUT2D eigenvalue weighted by atomic mass is 10.1. The van der Waals surface area contributed by atoms with Crippen LogP contribution in [0.4, 0.5) is 0 Å². The van der Waals surface area contributed by atoms with Gasteiger partial charge in [-0.15, -0.1) is 11.3 Å². The zero-order valence-electron chi connectivity index (χ0n) is 12.9. The summed E-state index contributed by atoms with van der Waals surface area (Å²) in [4.78, 5) is 16.3. The number of carbonyl (C=O) groups is 1. The number of nitrogens with one attached hydrogen (secondary N) is 1. The fourth-order valence-corrected chi connectivity index (χ4v) is 3.19. The van der Waals surface area contributed by atoms with E-state index in [2.05, 4.69) is 36.3 Å². The van der Waals surface area contributed by atoms with Crippen molar-refractivity contribution in [1.82, 2.24) is 10.3 Å². The summed E-state index contributed by atoms with van der Waals surface area (Å²) in [6.45, 7) is 5.14. The summed E-state index contributed by atoms with van der Waals surface area (Å²) < 4.78 is 1.25. The Morgan fingerprint density at radius 3 is 2.86 bits per heavy atom. The molecule has 0 unspecified atom stereocenters. The molecule has 0 saturated carbocycles. The number of benzene rings is 1. The Hall–Kier alpha value is -1.42. The maximum Gasteiger partial charge on any atom is 0.219 e. The third-order valence-corrected chi connectivity index (χ3v) is 4.52. The molecule has 0 atom stereocenters. The van der Waals surface area contributed by atoms with Crippen molar-refractivity contribution in [3.05, 3.63) is 29.3 Å². The molecule has 3 nitrogen and oxygen atoms in total. The van der Waals surface area contributed by atoms with Crippen molar-refractivity contribution in [2.24, 2.45) is 5.92 Å². The first kappa shape index (κ1) is 16.0. The highest BCUT2D eigenvalue weighted by Gasteiger charge is 2.05. The van der Waals surface area contributed by atoms with Crippen molar-refractivity contribution in [3.63, 3.8) is 0 Å². The predicted molar refractivity (Wildman–Crippen MR) is 89.6 cm³/mol. The van der Waals surface area contributed by atoms with Crippen LogP contribution in [0.2, 0.25) is 0 Å². The molecule has 114 valence electrons. The van der Waals surface area contributed by atoms with Crippen molar-refractivity contribution >= 4 is 27.5 Å². The summed E-state index contributed by atoms with van der Waals surface area (Å²) in [6, 6.07) is 8.23. The molecule has 21 heavy (non-hydrogen) atoms. The molecule has 0 aliphatic rings. The number of para-hydroxylation sites is 1. The molecular weight excluding hydrogens is 280 g/mol. The molecule has 0 fully saturated rings. The monoisotopic (exact) mass is 304 g/mol. The highest BCUT2D eigenvalue weighted by atomic mass is 32.1. The smallest absolute Gasteiger partial charge is 0.219 e. The quantitative estimate of drug-likeness (QED) is 0.744. The zero-order valence-corrected chi connectivity index (χ0v) is 13.7. The van der Waals surface area contributed by atoms with Gasteiger partial charge in [0.25, 0.3) is 0 Å². The van der Waals surface area contributed by atoms with Gasteiger partial charge in [-0.2, -0.15) is 0 Å². The minimum Gasteiger partial charge on any atom is -0.356 e. The molecule has 1 aromatic carbocycles. The maximum atomic E-state index is 11.7. The Labute approximate surface area is 130 Å². The number of nitrogens with zero attached hydrogens (tertiary/aromatic N) is 1. The predicted octanol–water partition coefficient (Wildman–Crippen LogP) is 4.17. The second kappa shape index (κ2) is 8.13. The standard InChI is InChI=1S/C17H24N2OS/c1-13(2)11-12-18-16(20)9-5-6-10-17-19-14-7-3-4-8-15(14)21-17/h3-4,7-8,13H,5-6,9-12H2,1-2H3,(H,18,20).